The number of carboxylic acid groups (broad SMARTS) is 1. The van der Waals surface area contributed by atoms with E-state index in [2.05, 4.69) is 34.9 Å². The number of carboxylic acids is 1. The Morgan fingerprint density at radius 2 is 1.60 bits per heavy atom. The molecule has 2 aromatic carbocycles. The van der Waals surface area contributed by atoms with Crippen molar-refractivity contribution in [3.63, 3.8) is 0 Å². The predicted molar refractivity (Wildman–Crippen MR) is 133 cm³/mol. The number of carbonyl (C=O) groups is 3. The first kappa shape index (κ1) is 24.8. The Balaban J connectivity index is 1.37. The molecule has 0 bridgehead atoms. The zero-order valence-electron chi connectivity index (χ0n) is 20.5. The number of nitrogens with one attached hydrogen (secondary N) is 2. The molecule has 2 aromatic rings. The van der Waals surface area contributed by atoms with Crippen LogP contribution < -0.4 is 10.6 Å². The highest BCUT2D eigenvalue weighted by molar-refractivity contribution is 5.86. The van der Waals surface area contributed by atoms with Gasteiger partial charge in [-0.05, 0) is 52.8 Å². The molecule has 2 aliphatic carbocycles. The van der Waals surface area contributed by atoms with E-state index in [1.165, 1.54) is 0 Å². The van der Waals surface area contributed by atoms with Gasteiger partial charge < -0.3 is 20.5 Å². The lowest BCUT2D eigenvalue weighted by Gasteiger charge is -2.31. The number of carbonyl (C=O) groups excluding carboxylic acids is 2. The van der Waals surface area contributed by atoms with Crippen LogP contribution >= 0.6 is 0 Å². The molecule has 1 unspecified atom stereocenters. The van der Waals surface area contributed by atoms with Crippen LogP contribution in [0.15, 0.2) is 48.5 Å². The minimum absolute atomic E-state index is 0.0558. The molecule has 4 rings (SSSR count). The Bertz CT molecular complexity index is 1060. The van der Waals surface area contributed by atoms with Crippen molar-refractivity contribution in [1.82, 2.24) is 10.6 Å². The van der Waals surface area contributed by atoms with Gasteiger partial charge in [-0.1, -0.05) is 69.3 Å². The van der Waals surface area contributed by atoms with Gasteiger partial charge in [-0.25, -0.2) is 4.79 Å². The number of amides is 2. The maximum atomic E-state index is 13.1. The molecule has 3 N–H and O–H groups in total. The predicted octanol–water partition coefficient (Wildman–Crippen LogP) is 4.70. The van der Waals surface area contributed by atoms with Gasteiger partial charge in [-0.15, -0.1) is 0 Å². The number of ether oxygens (including phenoxy) is 1. The van der Waals surface area contributed by atoms with Crippen LogP contribution in [0.1, 0.15) is 63.5 Å². The Hall–Kier alpha value is -3.35. The third kappa shape index (κ3) is 5.66. The number of hydrogen-bond donors (Lipinski definition) is 3. The molecule has 7 nitrogen and oxygen atoms in total. The maximum Gasteiger partial charge on any atom is 0.407 e. The lowest BCUT2D eigenvalue weighted by atomic mass is 9.86. The number of fused-ring (bicyclic) bond motifs is 3. The van der Waals surface area contributed by atoms with Crippen molar-refractivity contribution < 1.29 is 24.2 Å². The van der Waals surface area contributed by atoms with E-state index in [9.17, 15) is 14.4 Å². The van der Waals surface area contributed by atoms with E-state index in [4.69, 9.17) is 9.84 Å². The number of hydrogen-bond acceptors (Lipinski definition) is 4. The van der Waals surface area contributed by atoms with Crippen molar-refractivity contribution in [1.29, 1.82) is 0 Å². The Morgan fingerprint density at radius 1 is 1.00 bits per heavy atom. The van der Waals surface area contributed by atoms with Gasteiger partial charge in [0.25, 0.3) is 0 Å². The van der Waals surface area contributed by atoms with Crippen molar-refractivity contribution >= 4 is 18.0 Å². The molecule has 1 saturated carbocycles. The van der Waals surface area contributed by atoms with E-state index in [1.54, 1.807) is 0 Å². The first-order valence-corrected chi connectivity index (χ1v) is 12.3. The highest BCUT2D eigenvalue weighted by atomic mass is 16.5. The van der Waals surface area contributed by atoms with E-state index >= 15 is 0 Å². The SMILES string of the molecule is CC(C)(C)C(NC(=O)OCC1c2ccccc2-c2ccccc21)C(=O)N[C@@H]1CC[C@H](CC(=O)O)C1. The second-order valence-electron chi connectivity index (χ2n) is 10.8. The summed E-state index contributed by atoms with van der Waals surface area (Å²) in [5.41, 5.74) is 4.03. The van der Waals surface area contributed by atoms with Crippen molar-refractivity contribution in [2.75, 3.05) is 6.61 Å². The average molecular weight is 479 g/mol. The van der Waals surface area contributed by atoms with Crippen LogP contribution in [-0.4, -0.2) is 41.8 Å². The summed E-state index contributed by atoms with van der Waals surface area (Å²) in [5, 5.41) is 14.8. The minimum Gasteiger partial charge on any atom is -0.481 e. The molecule has 186 valence electrons. The quantitative estimate of drug-likeness (QED) is 0.535. The van der Waals surface area contributed by atoms with Gasteiger partial charge in [0.05, 0.1) is 0 Å². The number of benzene rings is 2. The van der Waals surface area contributed by atoms with Gasteiger partial charge >= 0.3 is 12.1 Å². The Morgan fingerprint density at radius 3 is 2.17 bits per heavy atom. The third-order valence-electron chi connectivity index (χ3n) is 7.08. The van der Waals surface area contributed by atoms with E-state index in [1.807, 2.05) is 45.0 Å². The molecule has 0 spiro atoms. The van der Waals surface area contributed by atoms with Crippen LogP contribution in [-0.2, 0) is 14.3 Å². The zero-order valence-corrected chi connectivity index (χ0v) is 20.5. The molecule has 2 amide bonds. The normalized spacial score (nSPS) is 20.0. The van der Waals surface area contributed by atoms with Gasteiger partial charge in [0, 0.05) is 18.4 Å². The van der Waals surface area contributed by atoms with Gasteiger partial charge in [-0.3, -0.25) is 9.59 Å². The molecule has 35 heavy (non-hydrogen) atoms. The lowest BCUT2D eigenvalue weighted by molar-refractivity contribution is -0.138. The molecule has 0 heterocycles. The van der Waals surface area contributed by atoms with Crippen LogP contribution in [0.4, 0.5) is 4.79 Å². The van der Waals surface area contributed by atoms with Crippen molar-refractivity contribution in [2.45, 2.75) is 64.5 Å². The second-order valence-corrected chi connectivity index (χ2v) is 10.8. The van der Waals surface area contributed by atoms with E-state index in [0.717, 1.165) is 35.1 Å². The minimum atomic E-state index is -0.813. The summed E-state index contributed by atoms with van der Waals surface area (Å²) in [6.07, 6.45) is 1.65. The fraction of sp³-hybridized carbons (Fsp3) is 0.464. The first-order chi connectivity index (χ1) is 16.6. The summed E-state index contributed by atoms with van der Waals surface area (Å²) in [4.78, 5) is 36.9. The largest absolute Gasteiger partial charge is 0.481 e. The molecular weight excluding hydrogens is 444 g/mol. The molecule has 0 saturated heterocycles. The summed E-state index contributed by atoms with van der Waals surface area (Å²) in [7, 11) is 0. The maximum absolute atomic E-state index is 13.1. The van der Waals surface area contributed by atoms with Crippen molar-refractivity contribution in [3.05, 3.63) is 59.7 Å². The molecule has 0 radical (unpaired) electrons. The zero-order chi connectivity index (χ0) is 25.2. The summed E-state index contributed by atoms with van der Waals surface area (Å²) >= 11 is 0. The molecule has 0 aromatic heterocycles. The van der Waals surface area contributed by atoms with E-state index in [-0.39, 0.29) is 36.8 Å². The lowest BCUT2D eigenvalue weighted by Crippen LogP contribution is -2.55. The third-order valence-corrected chi connectivity index (χ3v) is 7.08. The highest BCUT2D eigenvalue weighted by Gasteiger charge is 2.36. The van der Waals surface area contributed by atoms with Crippen molar-refractivity contribution in [3.8, 4) is 11.1 Å². The summed E-state index contributed by atoms with van der Waals surface area (Å²) < 4.78 is 5.65. The summed E-state index contributed by atoms with van der Waals surface area (Å²) in [6, 6.07) is 15.4. The van der Waals surface area contributed by atoms with Crippen LogP contribution in [0, 0.1) is 11.3 Å². The van der Waals surface area contributed by atoms with Crippen LogP contribution in [0.3, 0.4) is 0 Å². The second kappa shape index (κ2) is 10.1. The molecule has 2 aliphatic rings. The standard InChI is InChI=1S/C28H34N2O5/c1-28(2,3)25(26(33)29-18-13-12-17(14-18)15-24(31)32)30-27(34)35-16-23-21-10-6-4-8-19(21)20-9-5-7-11-22(20)23/h4-11,17-18,23,25H,12-16H2,1-3H3,(H,29,33)(H,30,34)(H,31,32)/t17-,18+,25?/m0/s1. The molecular formula is C28H34N2O5. The fourth-order valence-corrected chi connectivity index (χ4v) is 5.36. The topological polar surface area (TPSA) is 105 Å². The van der Waals surface area contributed by atoms with E-state index < -0.39 is 23.5 Å². The molecule has 0 aliphatic heterocycles. The first-order valence-electron chi connectivity index (χ1n) is 12.3. The molecule has 1 fully saturated rings. The highest BCUT2D eigenvalue weighted by Crippen LogP contribution is 2.44. The monoisotopic (exact) mass is 478 g/mol. The van der Waals surface area contributed by atoms with Gasteiger partial charge in [0.15, 0.2) is 0 Å². The van der Waals surface area contributed by atoms with Crippen LogP contribution in [0.25, 0.3) is 11.1 Å². The molecule has 3 atom stereocenters. The Kier molecular flexibility index (Phi) is 7.15. The number of alkyl carbamates (subject to hydrolysis) is 1. The van der Waals surface area contributed by atoms with Gasteiger partial charge in [0.1, 0.15) is 12.6 Å². The number of rotatable bonds is 7. The number of aliphatic carboxylic acids is 1. The Labute approximate surface area is 206 Å². The van der Waals surface area contributed by atoms with Gasteiger partial charge in [-0.2, -0.15) is 0 Å². The summed E-state index contributed by atoms with van der Waals surface area (Å²) in [6.45, 7) is 5.85. The van der Waals surface area contributed by atoms with Crippen molar-refractivity contribution in [2.24, 2.45) is 11.3 Å². The van der Waals surface area contributed by atoms with Gasteiger partial charge in [0.2, 0.25) is 5.91 Å². The fourth-order valence-electron chi connectivity index (χ4n) is 5.36. The average Bonchev–Trinajstić information content (AvgIpc) is 3.36. The van der Waals surface area contributed by atoms with E-state index in [0.29, 0.717) is 6.42 Å². The molecule has 7 heteroatoms. The smallest absolute Gasteiger partial charge is 0.407 e. The van der Waals surface area contributed by atoms with Crippen LogP contribution in [0.2, 0.25) is 0 Å². The summed E-state index contributed by atoms with van der Waals surface area (Å²) in [5.74, 6) is -1.07. The van der Waals surface area contributed by atoms with Crippen LogP contribution in [0.5, 0.6) is 0 Å².